The van der Waals surface area contributed by atoms with Gasteiger partial charge in [0.15, 0.2) is 11.6 Å². The zero-order chi connectivity index (χ0) is 39.0. The van der Waals surface area contributed by atoms with E-state index < -0.39 is 6.04 Å². The van der Waals surface area contributed by atoms with Gasteiger partial charge in [-0.3, -0.25) is 19.9 Å². The molecule has 56 heavy (non-hydrogen) atoms. The largest absolute Gasteiger partial charge is 0.490 e. The average Bonchev–Trinajstić information content (AvgIpc) is 3.79. The first kappa shape index (κ1) is 38.4. The Labute approximate surface area is 325 Å². The van der Waals surface area contributed by atoms with E-state index in [4.69, 9.17) is 20.5 Å². The van der Waals surface area contributed by atoms with Gasteiger partial charge in [0.1, 0.15) is 23.7 Å². The highest BCUT2D eigenvalue weighted by Crippen LogP contribution is 2.33. The molecule has 2 amide bonds. The third kappa shape index (κ3) is 8.96. The second kappa shape index (κ2) is 17.7. The Hall–Kier alpha value is -5.91. The molecule has 1 atom stereocenters. The average molecular weight is 758 g/mol. The molecule has 7 rings (SSSR count). The number of nitrogens with one attached hydrogen (secondary N) is 2. The molecule has 3 aliphatic heterocycles. The maximum atomic E-state index is 13.0. The van der Waals surface area contributed by atoms with Crippen molar-refractivity contribution in [2.75, 3.05) is 46.3 Å². The maximum absolute atomic E-state index is 13.0. The van der Waals surface area contributed by atoms with Crippen LogP contribution in [0.4, 0.5) is 0 Å². The summed E-state index contributed by atoms with van der Waals surface area (Å²) in [5.41, 5.74) is 4.41. The fourth-order valence-corrected chi connectivity index (χ4v) is 7.86. The first-order valence-corrected chi connectivity index (χ1v) is 19.2. The topological polar surface area (TPSA) is 183 Å². The van der Waals surface area contributed by atoms with Gasteiger partial charge in [-0.15, -0.1) is 5.11 Å². The molecule has 3 aromatic carbocycles. The van der Waals surface area contributed by atoms with Gasteiger partial charge in [0, 0.05) is 61.9 Å². The van der Waals surface area contributed by atoms with Crippen molar-refractivity contribution in [2.45, 2.75) is 57.2 Å². The molecule has 0 aliphatic carbocycles. The van der Waals surface area contributed by atoms with Crippen molar-refractivity contribution >= 4 is 34.8 Å². The van der Waals surface area contributed by atoms with E-state index in [2.05, 4.69) is 42.5 Å². The van der Waals surface area contributed by atoms with Crippen LogP contribution in [0.15, 0.2) is 75.5 Å². The standard InChI is InChI=1S/C42H47N9O5/c1-45-39(53)12-9-33(27-52)51-26-32-22-28(7-10-36(32)42(51)54)4-3-17-49-18-13-29(14-19-49)25-50-20-15-34(16-21-50)55-35-6-2-5-30(23-35)40-37-24-31(41(43)46-48-44)8-11-38(37)47-56-40/h2,5-8,10-11,22-24,27,29,33-34H,9,12-21,25-26H2,1H3,(H,45,53)(H3,43,44,46). The van der Waals surface area contributed by atoms with Crippen LogP contribution in [0.3, 0.4) is 0 Å². The third-order valence-corrected chi connectivity index (χ3v) is 11.0. The van der Waals surface area contributed by atoms with E-state index in [1.54, 1.807) is 30.1 Å². The van der Waals surface area contributed by atoms with Crippen LogP contribution in [0.25, 0.3) is 22.2 Å². The van der Waals surface area contributed by atoms with Gasteiger partial charge in [-0.1, -0.05) is 34.4 Å². The Balaban J connectivity index is 0.840. The number of aldehydes is 1. The zero-order valence-electron chi connectivity index (χ0n) is 31.6. The Kier molecular flexibility index (Phi) is 12.1. The molecule has 2 saturated heterocycles. The number of ether oxygens (including phenoxy) is 1. The number of nitrogens with zero attached hydrogens (tertiary/aromatic N) is 6. The number of hydrogen-bond donors (Lipinski definition) is 3. The fraction of sp³-hybridized carbons (Fsp3) is 0.405. The van der Waals surface area contributed by atoms with Gasteiger partial charge >= 0.3 is 0 Å². The van der Waals surface area contributed by atoms with E-state index in [0.717, 1.165) is 92.5 Å². The minimum absolute atomic E-state index is 0.0378. The number of amides is 2. The van der Waals surface area contributed by atoms with E-state index in [-0.39, 0.29) is 30.2 Å². The predicted octanol–water partition coefficient (Wildman–Crippen LogP) is 4.80. The number of nitrogens with two attached hydrogens (primary N) is 1. The highest BCUT2D eigenvalue weighted by atomic mass is 16.5. The van der Waals surface area contributed by atoms with Crippen LogP contribution in [0.5, 0.6) is 5.75 Å². The van der Waals surface area contributed by atoms with E-state index >= 15 is 0 Å². The summed E-state index contributed by atoms with van der Waals surface area (Å²) in [6.07, 6.45) is 5.61. The number of hydrogen-bond acceptors (Lipinski definition) is 10. The Bertz CT molecular complexity index is 2170. The van der Waals surface area contributed by atoms with Crippen molar-refractivity contribution in [1.29, 1.82) is 5.41 Å². The number of amidine groups is 1. The van der Waals surface area contributed by atoms with Gasteiger partial charge in [-0.2, -0.15) is 0 Å². The van der Waals surface area contributed by atoms with Crippen LogP contribution < -0.4 is 15.9 Å². The number of carbonyl (C=O) groups excluding carboxylic acids is 3. The van der Waals surface area contributed by atoms with Crippen LogP contribution in [-0.4, -0.2) is 102 Å². The van der Waals surface area contributed by atoms with Crippen molar-refractivity contribution in [3.63, 3.8) is 0 Å². The molecule has 14 nitrogen and oxygen atoms in total. The third-order valence-electron chi connectivity index (χ3n) is 11.0. The highest BCUT2D eigenvalue weighted by Gasteiger charge is 2.33. The quantitative estimate of drug-likeness (QED) is 0.0348. The summed E-state index contributed by atoms with van der Waals surface area (Å²) in [6, 6.07) is 18.2. The number of carbonyl (C=O) groups is 3. The van der Waals surface area contributed by atoms with Crippen molar-refractivity contribution < 1.29 is 23.6 Å². The summed E-state index contributed by atoms with van der Waals surface area (Å²) in [4.78, 5) is 43.0. The van der Waals surface area contributed by atoms with E-state index in [1.807, 2.05) is 42.5 Å². The molecule has 4 aromatic rings. The van der Waals surface area contributed by atoms with Gasteiger partial charge in [0.2, 0.25) is 5.91 Å². The molecule has 2 fully saturated rings. The van der Waals surface area contributed by atoms with Crippen molar-refractivity contribution in [3.05, 3.63) is 82.9 Å². The van der Waals surface area contributed by atoms with E-state index in [9.17, 15) is 14.4 Å². The first-order chi connectivity index (χ1) is 27.3. The minimum atomic E-state index is -0.634. The van der Waals surface area contributed by atoms with Crippen LogP contribution in [0, 0.1) is 23.2 Å². The lowest BCUT2D eigenvalue weighted by atomic mass is 9.95. The summed E-state index contributed by atoms with van der Waals surface area (Å²) in [5, 5.41) is 22.4. The number of rotatable bonds is 12. The lowest BCUT2D eigenvalue weighted by Crippen LogP contribution is -2.43. The molecular weight excluding hydrogens is 711 g/mol. The van der Waals surface area contributed by atoms with Crippen molar-refractivity contribution in [3.8, 4) is 28.9 Å². The summed E-state index contributed by atoms with van der Waals surface area (Å²) in [6.45, 7) is 6.21. The molecule has 0 spiro atoms. The smallest absolute Gasteiger partial charge is 0.255 e. The van der Waals surface area contributed by atoms with Crippen LogP contribution in [-0.2, 0) is 16.1 Å². The van der Waals surface area contributed by atoms with Crippen molar-refractivity contribution in [2.24, 2.45) is 22.1 Å². The molecule has 4 N–H and O–H groups in total. The molecule has 14 heteroatoms. The molecule has 4 heterocycles. The Morgan fingerprint density at radius 3 is 2.66 bits per heavy atom. The molecular formula is C42H47N9O5. The van der Waals surface area contributed by atoms with E-state index in [1.165, 1.54) is 0 Å². The molecule has 1 aromatic heterocycles. The summed E-state index contributed by atoms with van der Waals surface area (Å²) < 4.78 is 12.2. The summed E-state index contributed by atoms with van der Waals surface area (Å²) >= 11 is 0. The predicted molar refractivity (Wildman–Crippen MR) is 211 cm³/mol. The first-order valence-electron chi connectivity index (χ1n) is 19.2. The monoisotopic (exact) mass is 757 g/mol. The fourth-order valence-electron chi connectivity index (χ4n) is 7.86. The van der Waals surface area contributed by atoms with Gasteiger partial charge in [-0.25, -0.2) is 0 Å². The highest BCUT2D eigenvalue weighted by molar-refractivity contribution is 6.02. The number of aromatic nitrogens is 1. The number of likely N-dealkylation sites (tertiary alicyclic amines) is 2. The SMILES string of the molecule is CNC(=O)CCC(C=O)N1Cc2cc(C#CCN3CCC(CN4CCC(Oc5cccc(-c6onc7ccc(C(=N)N=NN)cc67)c5)CC4)CC3)ccc2C1=O. The molecule has 1 unspecified atom stereocenters. The number of benzene rings is 3. The molecule has 0 bridgehead atoms. The number of piperidine rings is 2. The minimum Gasteiger partial charge on any atom is -0.490 e. The Morgan fingerprint density at radius 1 is 1.09 bits per heavy atom. The van der Waals surface area contributed by atoms with Gasteiger partial charge in [0.05, 0.1) is 18.0 Å². The second-order valence-electron chi connectivity index (χ2n) is 14.7. The van der Waals surface area contributed by atoms with E-state index in [0.29, 0.717) is 47.8 Å². The molecule has 0 radical (unpaired) electrons. The second-order valence-corrected chi connectivity index (χ2v) is 14.7. The number of fused-ring (bicyclic) bond motifs is 2. The summed E-state index contributed by atoms with van der Waals surface area (Å²) in [5.74, 6) is 13.4. The maximum Gasteiger partial charge on any atom is 0.255 e. The van der Waals surface area contributed by atoms with Crippen LogP contribution >= 0.6 is 0 Å². The normalized spacial score (nSPS) is 17.4. The lowest BCUT2D eigenvalue weighted by Gasteiger charge is -2.37. The molecule has 290 valence electrons. The Morgan fingerprint density at radius 2 is 1.89 bits per heavy atom. The lowest BCUT2D eigenvalue weighted by molar-refractivity contribution is -0.121. The van der Waals surface area contributed by atoms with Gasteiger partial charge in [0.25, 0.3) is 5.91 Å². The van der Waals surface area contributed by atoms with Crippen molar-refractivity contribution in [1.82, 2.24) is 25.2 Å². The molecule has 0 saturated carbocycles. The van der Waals surface area contributed by atoms with Crippen LogP contribution in [0.2, 0.25) is 0 Å². The zero-order valence-corrected chi connectivity index (χ0v) is 31.6. The van der Waals surface area contributed by atoms with Gasteiger partial charge < -0.3 is 35.0 Å². The summed E-state index contributed by atoms with van der Waals surface area (Å²) in [7, 11) is 1.56. The van der Waals surface area contributed by atoms with Gasteiger partial charge in [-0.05, 0) is 105 Å². The molecule has 3 aliphatic rings. The van der Waals surface area contributed by atoms with Crippen LogP contribution in [0.1, 0.15) is 65.6 Å².